The molecule has 2 heterocycles. The number of benzene rings is 3. The zero-order chi connectivity index (χ0) is 27.5. The quantitative estimate of drug-likeness (QED) is 0.191. The first-order valence-corrected chi connectivity index (χ1v) is 13.4. The van der Waals surface area contributed by atoms with Crippen molar-refractivity contribution in [1.82, 2.24) is 15.2 Å². The maximum Gasteiger partial charge on any atom is 0.259 e. The largest absolute Gasteiger partial charge is 0.455 e. The molecule has 0 radical (unpaired) electrons. The van der Waals surface area contributed by atoms with E-state index < -0.39 is 0 Å². The predicted octanol–water partition coefficient (Wildman–Crippen LogP) is 9.10. The van der Waals surface area contributed by atoms with Gasteiger partial charge in [-0.2, -0.15) is 5.26 Å². The molecule has 7 nitrogen and oxygen atoms in total. The number of hydrogen-bond donors (Lipinski definition) is 1. The van der Waals surface area contributed by atoms with Gasteiger partial charge in [0.1, 0.15) is 10.6 Å². The summed E-state index contributed by atoms with van der Waals surface area (Å²) in [4.78, 5) is 5.34. The molecule has 3 aromatic carbocycles. The minimum absolute atomic E-state index is 0.314. The summed E-state index contributed by atoms with van der Waals surface area (Å²) in [5, 5.41) is 23.1. The highest BCUT2D eigenvalue weighted by molar-refractivity contribution is 7.19. The minimum atomic E-state index is 0.314. The number of thiazole rings is 1. The average molecular weight is 595 g/mol. The van der Waals surface area contributed by atoms with Gasteiger partial charge < -0.3 is 14.5 Å². The molecule has 0 fully saturated rings. The van der Waals surface area contributed by atoms with Gasteiger partial charge in [-0.15, -0.1) is 10.2 Å². The van der Waals surface area contributed by atoms with Crippen LogP contribution in [0.2, 0.25) is 15.1 Å². The molecule has 0 atom stereocenters. The van der Waals surface area contributed by atoms with E-state index in [9.17, 15) is 5.26 Å². The van der Waals surface area contributed by atoms with E-state index in [1.807, 2.05) is 25.1 Å². The fraction of sp³-hybridized carbons (Fsp3) is 0.0714. The molecule has 0 aliphatic carbocycles. The SMILES string of the molecule is C=Cc1c(Cc2nnc(-c3sc(Nc4ccc(Cl)cc4)nc3C)o2)ccc(Cl)c1Oc1cc(Cl)cc(C#N)c1. The van der Waals surface area contributed by atoms with Gasteiger partial charge in [0.05, 0.1) is 28.8 Å². The van der Waals surface area contributed by atoms with Crippen LogP contribution in [0.3, 0.4) is 0 Å². The Balaban J connectivity index is 1.39. The predicted molar refractivity (Wildman–Crippen MR) is 155 cm³/mol. The summed E-state index contributed by atoms with van der Waals surface area (Å²) in [6, 6.07) is 17.7. The van der Waals surface area contributed by atoms with Crippen LogP contribution in [0.15, 0.2) is 65.6 Å². The fourth-order valence-corrected chi connectivity index (χ4v) is 5.25. The molecule has 0 bridgehead atoms. The Morgan fingerprint density at radius 3 is 2.62 bits per heavy atom. The van der Waals surface area contributed by atoms with Crippen LogP contribution < -0.4 is 10.1 Å². The summed E-state index contributed by atoms with van der Waals surface area (Å²) < 4.78 is 12.1. The number of rotatable bonds is 8. The van der Waals surface area contributed by atoms with Crippen molar-refractivity contribution in [3.05, 3.63) is 105 Å². The Kier molecular flexibility index (Phi) is 7.87. The Labute approximate surface area is 243 Å². The number of hydrogen-bond acceptors (Lipinski definition) is 8. The number of anilines is 2. The molecule has 1 N–H and O–H groups in total. The van der Waals surface area contributed by atoms with Gasteiger partial charge in [-0.3, -0.25) is 0 Å². The van der Waals surface area contributed by atoms with E-state index in [1.54, 1.807) is 42.5 Å². The molecule has 2 aromatic heterocycles. The molecule has 11 heteroatoms. The minimum Gasteiger partial charge on any atom is -0.455 e. The first-order valence-electron chi connectivity index (χ1n) is 11.5. The summed E-state index contributed by atoms with van der Waals surface area (Å²) in [5.74, 6) is 1.53. The highest BCUT2D eigenvalue weighted by Crippen LogP contribution is 2.38. The van der Waals surface area contributed by atoms with Crippen molar-refractivity contribution in [2.45, 2.75) is 13.3 Å². The maximum absolute atomic E-state index is 9.25. The Morgan fingerprint density at radius 2 is 1.87 bits per heavy atom. The zero-order valence-electron chi connectivity index (χ0n) is 20.3. The van der Waals surface area contributed by atoms with Gasteiger partial charge in [-0.25, -0.2) is 4.98 Å². The third-order valence-electron chi connectivity index (χ3n) is 5.56. The third-order valence-corrected chi connectivity index (χ3v) is 7.39. The maximum atomic E-state index is 9.25. The number of ether oxygens (including phenoxy) is 1. The van der Waals surface area contributed by atoms with Crippen molar-refractivity contribution in [2.75, 3.05) is 5.32 Å². The molecule has 0 unspecified atom stereocenters. The number of nitrogens with one attached hydrogen (secondary N) is 1. The van der Waals surface area contributed by atoms with Crippen molar-refractivity contribution in [3.63, 3.8) is 0 Å². The van der Waals surface area contributed by atoms with Gasteiger partial charge in [0, 0.05) is 21.3 Å². The van der Waals surface area contributed by atoms with E-state index in [-0.39, 0.29) is 0 Å². The number of halogens is 3. The summed E-state index contributed by atoms with van der Waals surface area (Å²) in [6.45, 7) is 5.81. The molecule has 0 saturated carbocycles. The average Bonchev–Trinajstić information content (AvgIpc) is 3.52. The number of aryl methyl sites for hydroxylation is 1. The normalized spacial score (nSPS) is 10.7. The smallest absolute Gasteiger partial charge is 0.259 e. The lowest BCUT2D eigenvalue weighted by Gasteiger charge is -2.14. The van der Waals surface area contributed by atoms with Gasteiger partial charge in [-0.05, 0) is 61.0 Å². The molecule has 0 aliphatic rings. The highest BCUT2D eigenvalue weighted by Gasteiger charge is 2.19. The van der Waals surface area contributed by atoms with E-state index >= 15 is 0 Å². The lowest BCUT2D eigenvalue weighted by molar-refractivity contribution is 0.480. The van der Waals surface area contributed by atoms with E-state index in [0.29, 0.717) is 61.0 Å². The molecular weight excluding hydrogens is 577 g/mol. The van der Waals surface area contributed by atoms with E-state index in [0.717, 1.165) is 21.8 Å². The molecule has 5 rings (SSSR count). The molecule has 0 aliphatic heterocycles. The number of nitrogens with zero attached hydrogens (tertiary/aromatic N) is 4. The van der Waals surface area contributed by atoms with Crippen molar-refractivity contribution in [3.8, 4) is 28.3 Å². The summed E-state index contributed by atoms with van der Waals surface area (Å²) in [6.07, 6.45) is 1.96. The molecule has 194 valence electrons. The first-order chi connectivity index (χ1) is 18.8. The van der Waals surface area contributed by atoms with Crippen LogP contribution in [0.4, 0.5) is 10.8 Å². The molecular formula is C28H18Cl3N5O2S. The van der Waals surface area contributed by atoms with Crippen LogP contribution in [-0.2, 0) is 6.42 Å². The number of nitriles is 1. The van der Waals surface area contributed by atoms with Crippen molar-refractivity contribution < 1.29 is 9.15 Å². The summed E-state index contributed by atoms with van der Waals surface area (Å²) >= 11 is 20.0. The van der Waals surface area contributed by atoms with E-state index in [2.05, 4.69) is 33.1 Å². The van der Waals surface area contributed by atoms with Crippen LogP contribution in [0.25, 0.3) is 16.8 Å². The Hall–Kier alpha value is -3.87. The van der Waals surface area contributed by atoms with Crippen molar-refractivity contribution >= 4 is 63.0 Å². The van der Waals surface area contributed by atoms with Crippen molar-refractivity contribution in [2.24, 2.45) is 0 Å². The fourth-order valence-electron chi connectivity index (χ4n) is 3.78. The van der Waals surface area contributed by atoms with Crippen LogP contribution >= 0.6 is 46.1 Å². The van der Waals surface area contributed by atoms with Gasteiger partial charge >= 0.3 is 0 Å². The zero-order valence-corrected chi connectivity index (χ0v) is 23.4. The second-order valence-corrected chi connectivity index (χ2v) is 10.6. The number of aromatic nitrogens is 3. The van der Waals surface area contributed by atoms with Crippen LogP contribution in [0.1, 0.15) is 28.3 Å². The molecule has 0 saturated heterocycles. The lowest BCUT2D eigenvalue weighted by atomic mass is 10.0. The first kappa shape index (κ1) is 26.7. The topological polar surface area (TPSA) is 96.9 Å². The third kappa shape index (κ3) is 6.08. The molecule has 0 amide bonds. The van der Waals surface area contributed by atoms with Crippen LogP contribution in [0, 0.1) is 18.3 Å². The van der Waals surface area contributed by atoms with Crippen molar-refractivity contribution in [1.29, 1.82) is 5.26 Å². The van der Waals surface area contributed by atoms with Gasteiger partial charge in [-0.1, -0.05) is 64.9 Å². The monoisotopic (exact) mass is 593 g/mol. The van der Waals surface area contributed by atoms with Gasteiger partial charge in [0.25, 0.3) is 5.89 Å². The molecule has 0 spiro atoms. The highest BCUT2D eigenvalue weighted by atomic mass is 35.5. The van der Waals surface area contributed by atoms with E-state index in [1.165, 1.54) is 11.3 Å². The standard InChI is InChI=1S/C28H18Cl3N5O2S/c1-3-22-17(4-9-23(31)25(22)37-21-11-16(14-32)10-19(30)13-21)12-24-35-36-27(38-24)26-15(2)33-28(39-26)34-20-7-5-18(29)6-8-20/h3-11,13H,1,12H2,2H3,(H,33,34). The second-order valence-electron chi connectivity index (χ2n) is 8.29. The molecule has 39 heavy (non-hydrogen) atoms. The summed E-state index contributed by atoms with van der Waals surface area (Å²) in [7, 11) is 0. The molecule has 5 aromatic rings. The lowest BCUT2D eigenvalue weighted by Crippen LogP contribution is -1.97. The van der Waals surface area contributed by atoms with Gasteiger partial charge in [0.2, 0.25) is 5.89 Å². The Morgan fingerprint density at radius 1 is 1.08 bits per heavy atom. The Bertz CT molecular complexity index is 1720. The second kappa shape index (κ2) is 11.5. The van der Waals surface area contributed by atoms with Crippen LogP contribution in [0.5, 0.6) is 11.5 Å². The van der Waals surface area contributed by atoms with Crippen LogP contribution in [-0.4, -0.2) is 15.2 Å². The summed E-state index contributed by atoms with van der Waals surface area (Å²) in [5.41, 5.74) is 3.47. The van der Waals surface area contributed by atoms with Gasteiger partial charge in [0.15, 0.2) is 10.9 Å². The van der Waals surface area contributed by atoms with E-state index in [4.69, 9.17) is 44.0 Å².